The zero-order valence-electron chi connectivity index (χ0n) is 11.7. The number of nitrogens with one attached hydrogen (secondary N) is 1. The van der Waals surface area contributed by atoms with Gasteiger partial charge in [-0.2, -0.15) is 0 Å². The summed E-state index contributed by atoms with van der Waals surface area (Å²) in [6.07, 6.45) is 10.9. The molecule has 0 spiro atoms. The fraction of sp³-hybridized carbons (Fsp3) is 0.933. The number of rotatable bonds is 3. The first-order chi connectivity index (χ1) is 8.68. The van der Waals surface area contributed by atoms with E-state index in [9.17, 15) is 4.79 Å². The molecule has 2 rings (SSSR count). The maximum atomic E-state index is 12.3. The summed E-state index contributed by atoms with van der Waals surface area (Å²) in [6.45, 7) is 2.17. The number of hydrogen-bond acceptors (Lipinski definition) is 2. The van der Waals surface area contributed by atoms with Crippen molar-refractivity contribution in [1.82, 2.24) is 5.32 Å². The third-order valence-corrected chi connectivity index (χ3v) is 4.88. The molecule has 2 fully saturated rings. The van der Waals surface area contributed by atoms with Crippen molar-refractivity contribution in [3.05, 3.63) is 0 Å². The molecule has 3 N–H and O–H groups in total. The molecule has 0 aromatic heterocycles. The first-order valence-corrected chi connectivity index (χ1v) is 7.74. The highest BCUT2D eigenvalue weighted by atomic mass is 16.2. The zero-order valence-corrected chi connectivity index (χ0v) is 11.7. The van der Waals surface area contributed by atoms with Gasteiger partial charge in [-0.25, -0.2) is 0 Å². The monoisotopic (exact) mass is 252 g/mol. The van der Waals surface area contributed by atoms with Gasteiger partial charge in [0.1, 0.15) is 0 Å². The Balaban J connectivity index is 1.81. The van der Waals surface area contributed by atoms with Crippen LogP contribution in [-0.2, 0) is 4.79 Å². The number of carbonyl (C=O) groups is 1. The molecule has 0 aromatic carbocycles. The van der Waals surface area contributed by atoms with Crippen LogP contribution in [0.15, 0.2) is 0 Å². The molecule has 2 saturated carbocycles. The molecular weight excluding hydrogens is 224 g/mol. The van der Waals surface area contributed by atoms with Crippen LogP contribution in [-0.4, -0.2) is 18.0 Å². The van der Waals surface area contributed by atoms with Gasteiger partial charge in [-0.05, 0) is 38.5 Å². The summed E-state index contributed by atoms with van der Waals surface area (Å²) < 4.78 is 0. The van der Waals surface area contributed by atoms with E-state index in [1.165, 1.54) is 38.5 Å². The van der Waals surface area contributed by atoms with E-state index in [2.05, 4.69) is 12.2 Å². The third-order valence-electron chi connectivity index (χ3n) is 4.88. The summed E-state index contributed by atoms with van der Waals surface area (Å²) in [7, 11) is 0. The Hall–Kier alpha value is -0.570. The fourth-order valence-corrected chi connectivity index (χ4v) is 3.57. The van der Waals surface area contributed by atoms with Crippen LogP contribution in [0, 0.1) is 11.8 Å². The van der Waals surface area contributed by atoms with Gasteiger partial charge in [0.15, 0.2) is 0 Å². The van der Waals surface area contributed by atoms with Gasteiger partial charge >= 0.3 is 0 Å². The van der Waals surface area contributed by atoms with Crippen LogP contribution in [0.1, 0.15) is 64.7 Å². The molecule has 3 atom stereocenters. The second-order valence-electron chi connectivity index (χ2n) is 6.25. The van der Waals surface area contributed by atoms with E-state index in [0.717, 1.165) is 19.3 Å². The summed E-state index contributed by atoms with van der Waals surface area (Å²) in [4.78, 5) is 12.3. The molecule has 104 valence electrons. The van der Waals surface area contributed by atoms with Gasteiger partial charge < -0.3 is 11.1 Å². The summed E-state index contributed by atoms with van der Waals surface area (Å²) in [5.74, 6) is 0.951. The Morgan fingerprint density at radius 2 is 1.67 bits per heavy atom. The molecule has 2 aliphatic rings. The summed E-state index contributed by atoms with van der Waals surface area (Å²) in [6, 6.07) is 0.407. The summed E-state index contributed by atoms with van der Waals surface area (Å²) >= 11 is 0. The second kappa shape index (κ2) is 6.55. The van der Waals surface area contributed by atoms with Crippen molar-refractivity contribution in [2.24, 2.45) is 17.6 Å². The van der Waals surface area contributed by atoms with Crippen LogP contribution in [0.4, 0.5) is 0 Å². The fourth-order valence-electron chi connectivity index (χ4n) is 3.57. The SMILES string of the molecule is C[C@@H](NC(=O)C1CCCCC1N)C1CCCCC1. The molecule has 18 heavy (non-hydrogen) atoms. The van der Waals surface area contributed by atoms with Gasteiger partial charge in [0.2, 0.25) is 5.91 Å². The van der Waals surface area contributed by atoms with Crippen LogP contribution >= 0.6 is 0 Å². The van der Waals surface area contributed by atoms with Crippen molar-refractivity contribution in [3.63, 3.8) is 0 Å². The molecule has 1 amide bonds. The topological polar surface area (TPSA) is 55.1 Å². The predicted octanol–water partition coefficient (Wildman–Crippen LogP) is 2.59. The Bertz CT molecular complexity index is 274. The van der Waals surface area contributed by atoms with E-state index >= 15 is 0 Å². The van der Waals surface area contributed by atoms with Crippen LogP contribution in [0.5, 0.6) is 0 Å². The van der Waals surface area contributed by atoms with Crippen LogP contribution in [0.25, 0.3) is 0 Å². The van der Waals surface area contributed by atoms with Crippen LogP contribution in [0.3, 0.4) is 0 Å². The average molecular weight is 252 g/mol. The van der Waals surface area contributed by atoms with Crippen molar-refractivity contribution in [1.29, 1.82) is 0 Å². The molecule has 0 radical (unpaired) electrons. The first-order valence-electron chi connectivity index (χ1n) is 7.74. The molecule has 0 aromatic rings. The van der Waals surface area contributed by atoms with E-state index in [4.69, 9.17) is 5.73 Å². The Kier molecular flexibility index (Phi) is 5.04. The highest BCUT2D eigenvalue weighted by Crippen LogP contribution is 2.27. The second-order valence-corrected chi connectivity index (χ2v) is 6.25. The van der Waals surface area contributed by atoms with Gasteiger partial charge in [0.25, 0.3) is 0 Å². The van der Waals surface area contributed by atoms with E-state index in [1.807, 2.05) is 0 Å². The van der Waals surface area contributed by atoms with Crippen molar-refractivity contribution in [2.45, 2.75) is 76.8 Å². The van der Waals surface area contributed by atoms with E-state index < -0.39 is 0 Å². The van der Waals surface area contributed by atoms with E-state index in [1.54, 1.807) is 0 Å². The van der Waals surface area contributed by atoms with Gasteiger partial charge in [-0.3, -0.25) is 4.79 Å². The van der Waals surface area contributed by atoms with Gasteiger partial charge in [0.05, 0.1) is 5.92 Å². The lowest BCUT2D eigenvalue weighted by Crippen LogP contribution is -2.48. The minimum atomic E-state index is 0.0600. The number of hydrogen-bond donors (Lipinski definition) is 2. The Morgan fingerprint density at radius 1 is 1.06 bits per heavy atom. The normalized spacial score (nSPS) is 31.9. The van der Waals surface area contributed by atoms with E-state index in [-0.39, 0.29) is 17.9 Å². The number of carbonyl (C=O) groups excluding carboxylic acids is 1. The van der Waals surface area contributed by atoms with Crippen LogP contribution in [0.2, 0.25) is 0 Å². The maximum Gasteiger partial charge on any atom is 0.224 e. The molecule has 0 saturated heterocycles. The highest BCUT2D eigenvalue weighted by molar-refractivity contribution is 5.79. The van der Waals surface area contributed by atoms with Crippen LogP contribution < -0.4 is 11.1 Å². The zero-order chi connectivity index (χ0) is 13.0. The smallest absolute Gasteiger partial charge is 0.224 e. The molecular formula is C15H28N2O. The van der Waals surface area contributed by atoms with Gasteiger partial charge in [-0.1, -0.05) is 32.1 Å². The van der Waals surface area contributed by atoms with Crippen molar-refractivity contribution < 1.29 is 4.79 Å². The van der Waals surface area contributed by atoms with Crippen molar-refractivity contribution in [3.8, 4) is 0 Å². The summed E-state index contributed by atoms with van der Waals surface area (Å²) in [5, 5.41) is 3.23. The molecule has 0 bridgehead atoms. The quantitative estimate of drug-likeness (QED) is 0.811. The molecule has 0 heterocycles. The van der Waals surface area contributed by atoms with Crippen molar-refractivity contribution in [2.75, 3.05) is 0 Å². The Labute approximate surface area is 111 Å². The first kappa shape index (κ1) is 13.9. The van der Waals surface area contributed by atoms with Crippen molar-refractivity contribution >= 4 is 5.91 Å². The lowest BCUT2D eigenvalue weighted by atomic mass is 9.82. The Morgan fingerprint density at radius 3 is 2.33 bits per heavy atom. The maximum absolute atomic E-state index is 12.3. The summed E-state index contributed by atoms with van der Waals surface area (Å²) in [5.41, 5.74) is 6.07. The number of nitrogens with two attached hydrogens (primary N) is 1. The highest BCUT2D eigenvalue weighted by Gasteiger charge is 2.30. The minimum Gasteiger partial charge on any atom is -0.353 e. The van der Waals surface area contributed by atoms with E-state index in [0.29, 0.717) is 12.0 Å². The lowest BCUT2D eigenvalue weighted by molar-refractivity contribution is -0.127. The minimum absolute atomic E-state index is 0.0600. The predicted molar refractivity (Wildman–Crippen MR) is 74.1 cm³/mol. The molecule has 0 aliphatic heterocycles. The largest absolute Gasteiger partial charge is 0.353 e. The molecule has 2 unspecified atom stereocenters. The molecule has 3 nitrogen and oxygen atoms in total. The van der Waals surface area contributed by atoms with Gasteiger partial charge in [0, 0.05) is 12.1 Å². The third kappa shape index (κ3) is 3.47. The lowest BCUT2D eigenvalue weighted by Gasteiger charge is -2.32. The average Bonchev–Trinajstić information content (AvgIpc) is 2.40. The number of amides is 1. The molecule has 2 aliphatic carbocycles. The standard InChI is InChI=1S/C15H28N2O/c1-11(12-7-3-2-4-8-12)17-15(18)13-9-5-6-10-14(13)16/h11-14H,2-10,16H2,1H3,(H,17,18)/t11-,13?,14?/m1/s1. The molecule has 3 heteroatoms. The van der Waals surface area contributed by atoms with Gasteiger partial charge in [-0.15, -0.1) is 0 Å².